The van der Waals surface area contributed by atoms with Crippen LogP contribution in [0.15, 0.2) is 39.8 Å². The third kappa shape index (κ3) is 2.84. The zero-order chi connectivity index (χ0) is 14.9. The monoisotopic (exact) mass is 309 g/mol. The van der Waals surface area contributed by atoms with Gasteiger partial charge >= 0.3 is 0 Å². The Labute approximate surface area is 124 Å². The van der Waals surface area contributed by atoms with E-state index in [0.717, 1.165) is 18.2 Å². The smallest absolute Gasteiger partial charge is 0.276 e. The van der Waals surface area contributed by atoms with E-state index in [2.05, 4.69) is 0 Å². The fourth-order valence-corrected chi connectivity index (χ4v) is 4.33. The van der Waals surface area contributed by atoms with Gasteiger partial charge in [0.1, 0.15) is 5.58 Å². The second-order valence-corrected chi connectivity index (χ2v) is 7.30. The molecule has 1 aromatic heterocycles. The van der Waals surface area contributed by atoms with E-state index in [9.17, 15) is 8.42 Å². The highest BCUT2D eigenvalue weighted by molar-refractivity contribution is 7.89. The van der Waals surface area contributed by atoms with Gasteiger partial charge in [0.25, 0.3) is 10.0 Å². The average Bonchev–Trinajstić information content (AvgIpc) is 2.92. The molecule has 1 saturated heterocycles. The van der Waals surface area contributed by atoms with Gasteiger partial charge in [-0.2, -0.15) is 4.31 Å². The molecule has 1 atom stereocenters. The number of ether oxygens (including phenoxy) is 1. The molecule has 3 rings (SSSR count). The first-order valence-electron chi connectivity index (χ1n) is 7.09. The number of hydrogen-bond donors (Lipinski definition) is 0. The van der Waals surface area contributed by atoms with Gasteiger partial charge in [-0.3, -0.25) is 0 Å². The summed E-state index contributed by atoms with van der Waals surface area (Å²) in [4.78, 5) is 0. The molecule has 0 amide bonds. The predicted molar refractivity (Wildman–Crippen MR) is 79.6 cm³/mol. The first-order chi connectivity index (χ1) is 10.1. The van der Waals surface area contributed by atoms with E-state index in [-0.39, 0.29) is 11.0 Å². The summed E-state index contributed by atoms with van der Waals surface area (Å²) in [6.07, 6.45) is 1.85. The van der Waals surface area contributed by atoms with E-state index < -0.39 is 10.0 Å². The van der Waals surface area contributed by atoms with Crippen LogP contribution in [0, 0.1) is 5.92 Å². The molecular formula is C15H19NO4S. The lowest BCUT2D eigenvalue weighted by atomic mass is 10.0. The second kappa shape index (κ2) is 5.79. The molecule has 0 unspecified atom stereocenters. The van der Waals surface area contributed by atoms with Crippen molar-refractivity contribution >= 4 is 21.0 Å². The van der Waals surface area contributed by atoms with E-state index >= 15 is 0 Å². The van der Waals surface area contributed by atoms with Crippen molar-refractivity contribution in [1.82, 2.24) is 4.31 Å². The summed E-state index contributed by atoms with van der Waals surface area (Å²) >= 11 is 0. The Morgan fingerprint density at radius 1 is 1.38 bits per heavy atom. The number of furan rings is 1. The van der Waals surface area contributed by atoms with E-state index in [4.69, 9.17) is 9.15 Å². The fraction of sp³-hybridized carbons (Fsp3) is 0.467. The van der Waals surface area contributed by atoms with Gasteiger partial charge in [0.05, 0.1) is 6.61 Å². The zero-order valence-corrected chi connectivity index (χ0v) is 12.8. The Kier molecular flexibility index (Phi) is 4.01. The third-order valence-corrected chi connectivity index (χ3v) is 5.60. The standard InChI is InChI=1S/C15H19NO4S/c1-19-11-12-5-4-8-16(10-12)21(17,18)15-9-13-6-2-3-7-14(13)20-15/h2-3,6-7,9,12H,4-5,8,10-11H2,1H3/t12-/m1/s1. The quantitative estimate of drug-likeness (QED) is 0.870. The second-order valence-electron chi connectivity index (χ2n) is 5.43. The zero-order valence-electron chi connectivity index (χ0n) is 12.0. The third-order valence-electron chi connectivity index (χ3n) is 3.88. The number of piperidine rings is 1. The summed E-state index contributed by atoms with van der Waals surface area (Å²) in [7, 11) is -1.92. The number of para-hydroxylation sites is 1. The van der Waals surface area contributed by atoms with E-state index in [0.29, 0.717) is 25.3 Å². The molecule has 114 valence electrons. The van der Waals surface area contributed by atoms with Gasteiger partial charge in [-0.15, -0.1) is 0 Å². The number of nitrogens with zero attached hydrogens (tertiary/aromatic N) is 1. The maximum absolute atomic E-state index is 12.7. The Hall–Kier alpha value is -1.37. The molecule has 0 saturated carbocycles. The Morgan fingerprint density at radius 2 is 2.19 bits per heavy atom. The molecule has 1 aliphatic heterocycles. The van der Waals surface area contributed by atoms with Crippen molar-refractivity contribution in [2.24, 2.45) is 5.92 Å². The van der Waals surface area contributed by atoms with Gasteiger partial charge < -0.3 is 9.15 Å². The molecule has 2 heterocycles. The Morgan fingerprint density at radius 3 is 2.95 bits per heavy atom. The van der Waals surface area contributed by atoms with E-state index in [1.165, 1.54) is 4.31 Å². The summed E-state index contributed by atoms with van der Waals surface area (Å²) in [6, 6.07) is 8.92. The van der Waals surface area contributed by atoms with Gasteiger partial charge in [0, 0.05) is 31.7 Å². The molecule has 1 aromatic carbocycles. The van der Waals surface area contributed by atoms with Crippen molar-refractivity contribution < 1.29 is 17.6 Å². The van der Waals surface area contributed by atoms with Crippen LogP contribution >= 0.6 is 0 Å². The van der Waals surface area contributed by atoms with Crippen molar-refractivity contribution in [3.05, 3.63) is 30.3 Å². The largest absolute Gasteiger partial charge is 0.443 e. The molecule has 0 N–H and O–H groups in total. The summed E-state index contributed by atoms with van der Waals surface area (Å²) < 4.78 is 37.6. The van der Waals surface area contributed by atoms with Crippen LogP contribution in [0.3, 0.4) is 0 Å². The highest BCUT2D eigenvalue weighted by atomic mass is 32.2. The van der Waals surface area contributed by atoms with E-state index in [1.807, 2.05) is 18.2 Å². The SMILES string of the molecule is COC[C@@H]1CCCN(S(=O)(=O)c2cc3ccccc3o2)C1. The number of hydrogen-bond acceptors (Lipinski definition) is 4. The van der Waals surface area contributed by atoms with Crippen molar-refractivity contribution in [3.8, 4) is 0 Å². The van der Waals surface area contributed by atoms with Crippen LogP contribution in [-0.2, 0) is 14.8 Å². The van der Waals surface area contributed by atoms with Crippen LogP contribution in [0.2, 0.25) is 0 Å². The lowest BCUT2D eigenvalue weighted by molar-refractivity contribution is 0.118. The molecule has 1 fully saturated rings. The van der Waals surface area contributed by atoms with Gasteiger partial charge in [0.15, 0.2) is 0 Å². The van der Waals surface area contributed by atoms with Crippen LogP contribution < -0.4 is 0 Å². The number of fused-ring (bicyclic) bond motifs is 1. The number of rotatable bonds is 4. The van der Waals surface area contributed by atoms with Crippen LogP contribution in [-0.4, -0.2) is 39.5 Å². The van der Waals surface area contributed by atoms with Gasteiger partial charge in [-0.25, -0.2) is 8.42 Å². The number of benzene rings is 1. The van der Waals surface area contributed by atoms with Gasteiger partial charge in [-0.1, -0.05) is 18.2 Å². The molecule has 2 aromatic rings. The molecule has 1 aliphatic rings. The first kappa shape index (κ1) is 14.6. The minimum Gasteiger partial charge on any atom is -0.443 e. The molecular weight excluding hydrogens is 290 g/mol. The highest BCUT2D eigenvalue weighted by Gasteiger charge is 2.32. The Bertz CT molecular complexity index is 687. The van der Waals surface area contributed by atoms with Crippen LogP contribution in [0.5, 0.6) is 0 Å². The molecule has 21 heavy (non-hydrogen) atoms. The van der Waals surface area contributed by atoms with Gasteiger partial charge in [-0.05, 0) is 24.8 Å². The van der Waals surface area contributed by atoms with Crippen LogP contribution in [0.25, 0.3) is 11.0 Å². The topological polar surface area (TPSA) is 59.8 Å². The fourth-order valence-electron chi connectivity index (χ4n) is 2.83. The summed E-state index contributed by atoms with van der Waals surface area (Å²) in [5.41, 5.74) is 0.599. The molecule has 0 spiro atoms. The molecule has 0 bridgehead atoms. The van der Waals surface area contributed by atoms with Crippen molar-refractivity contribution in [1.29, 1.82) is 0 Å². The summed E-state index contributed by atoms with van der Waals surface area (Å²) in [6.45, 7) is 1.62. The molecule has 5 nitrogen and oxygen atoms in total. The molecule has 0 radical (unpaired) electrons. The molecule has 0 aliphatic carbocycles. The van der Waals surface area contributed by atoms with Crippen molar-refractivity contribution in [2.45, 2.75) is 17.9 Å². The van der Waals surface area contributed by atoms with Crippen molar-refractivity contribution in [2.75, 3.05) is 26.8 Å². The minimum absolute atomic E-state index is 0.0294. The number of sulfonamides is 1. The average molecular weight is 309 g/mol. The lowest BCUT2D eigenvalue weighted by Crippen LogP contribution is -2.40. The number of methoxy groups -OCH3 is 1. The van der Waals surface area contributed by atoms with Gasteiger partial charge in [0.2, 0.25) is 5.09 Å². The maximum Gasteiger partial charge on any atom is 0.276 e. The van der Waals surface area contributed by atoms with Crippen LogP contribution in [0.1, 0.15) is 12.8 Å². The maximum atomic E-state index is 12.7. The normalized spacial score (nSPS) is 20.9. The van der Waals surface area contributed by atoms with E-state index in [1.54, 1.807) is 19.2 Å². The first-order valence-corrected chi connectivity index (χ1v) is 8.53. The van der Waals surface area contributed by atoms with Crippen molar-refractivity contribution in [3.63, 3.8) is 0 Å². The predicted octanol–water partition coefficient (Wildman–Crippen LogP) is 2.48. The van der Waals surface area contributed by atoms with Crippen LogP contribution in [0.4, 0.5) is 0 Å². The minimum atomic E-state index is -3.56. The summed E-state index contributed by atoms with van der Waals surface area (Å²) in [5.74, 6) is 0.253. The lowest BCUT2D eigenvalue weighted by Gasteiger charge is -2.30. The molecule has 6 heteroatoms. The Balaban J connectivity index is 1.88. The summed E-state index contributed by atoms with van der Waals surface area (Å²) in [5, 5.41) is 0.836. The highest BCUT2D eigenvalue weighted by Crippen LogP contribution is 2.28.